The molecular formula is C15H16ClNO3. The van der Waals surface area contributed by atoms with Crippen LogP contribution >= 0.6 is 0 Å². The Morgan fingerprint density at radius 3 is 2.10 bits per heavy atom. The van der Waals surface area contributed by atoms with Gasteiger partial charge in [0.15, 0.2) is 0 Å². The Hall–Kier alpha value is -1.88. The zero-order valence-corrected chi connectivity index (χ0v) is 11.6. The van der Waals surface area contributed by atoms with Gasteiger partial charge in [0, 0.05) is 6.42 Å². The van der Waals surface area contributed by atoms with Gasteiger partial charge in [-0.2, -0.15) is 4.84 Å². The minimum atomic E-state index is -0.998. The van der Waals surface area contributed by atoms with Gasteiger partial charge in [0.1, 0.15) is 0 Å². The number of quaternary nitrogens is 1. The third kappa shape index (κ3) is 4.06. The summed E-state index contributed by atoms with van der Waals surface area (Å²) in [5.41, 5.74) is 3.15. The fourth-order valence-electron chi connectivity index (χ4n) is 1.90. The Balaban J connectivity index is 0.00000200. The highest BCUT2D eigenvalue weighted by molar-refractivity contribution is 5.72. The van der Waals surface area contributed by atoms with Crippen molar-refractivity contribution in [3.8, 4) is 11.1 Å². The van der Waals surface area contributed by atoms with Gasteiger partial charge in [0.25, 0.3) is 0 Å². The monoisotopic (exact) mass is 293 g/mol. The van der Waals surface area contributed by atoms with Crippen molar-refractivity contribution in [1.82, 2.24) is 0 Å². The van der Waals surface area contributed by atoms with E-state index in [1.165, 1.54) is 0 Å². The first-order valence-corrected chi connectivity index (χ1v) is 5.98. The number of hydrogen-bond donors (Lipinski definition) is 2. The van der Waals surface area contributed by atoms with Gasteiger partial charge in [-0.3, -0.25) is 0 Å². The van der Waals surface area contributed by atoms with Crippen LogP contribution in [-0.2, 0) is 16.1 Å². The Morgan fingerprint density at radius 2 is 1.60 bits per heavy atom. The van der Waals surface area contributed by atoms with Gasteiger partial charge in [-0.15, -0.1) is 0 Å². The molecule has 0 fully saturated rings. The highest BCUT2D eigenvalue weighted by Gasteiger charge is 2.19. The van der Waals surface area contributed by atoms with Crippen molar-refractivity contribution < 1.29 is 33.0 Å². The molecule has 0 aliphatic heterocycles. The molecule has 0 aliphatic rings. The van der Waals surface area contributed by atoms with Crippen LogP contribution in [0.3, 0.4) is 0 Å². The van der Waals surface area contributed by atoms with E-state index in [4.69, 9.17) is 5.11 Å². The topological polar surface area (TPSA) is 74.2 Å². The number of halogens is 1. The van der Waals surface area contributed by atoms with E-state index in [1.807, 2.05) is 54.6 Å². The molecule has 0 spiro atoms. The van der Waals surface area contributed by atoms with Crippen LogP contribution in [0.15, 0.2) is 54.6 Å². The number of benzene rings is 2. The molecule has 0 bridgehead atoms. The number of carboxylic acid groups (broad SMARTS) is 1. The van der Waals surface area contributed by atoms with E-state index in [9.17, 15) is 4.79 Å². The second kappa shape index (κ2) is 7.65. The van der Waals surface area contributed by atoms with Crippen molar-refractivity contribution in [3.05, 3.63) is 60.2 Å². The Kier molecular flexibility index (Phi) is 6.18. The molecule has 1 unspecified atom stereocenters. The number of aliphatic carboxylic acids is 1. The molecular weight excluding hydrogens is 278 g/mol. The lowest BCUT2D eigenvalue weighted by Crippen LogP contribution is -3.00. The SMILES string of the molecule is [Cl-].[NH3+]OC(Cc1ccc(-c2ccccc2)cc1)C(=O)O. The third-order valence-corrected chi connectivity index (χ3v) is 2.96. The average Bonchev–Trinajstić information content (AvgIpc) is 2.46. The second-order valence-electron chi connectivity index (χ2n) is 4.26. The molecule has 4 N–H and O–H groups in total. The average molecular weight is 294 g/mol. The predicted octanol–water partition coefficient (Wildman–Crippen LogP) is -1.47. The van der Waals surface area contributed by atoms with Crippen molar-refractivity contribution in [1.29, 1.82) is 0 Å². The van der Waals surface area contributed by atoms with E-state index in [0.29, 0.717) is 6.42 Å². The molecule has 2 aromatic rings. The zero-order chi connectivity index (χ0) is 13.7. The first kappa shape index (κ1) is 16.2. The predicted molar refractivity (Wildman–Crippen MR) is 71.0 cm³/mol. The van der Waals surface area contributed by atoms with E-state index in [1.54, 1.807) is 0 Å². The van der Waals surface area contributed by atoms with Crippen LogP contribution in [0, 0.1) is 0 Å². The molecule has 0 aromatic heterocycles. The van der Waals surface area contributed by atoms with Crippen LogP contribution < -0.4 is 18.3 Å². The normalized spacial score (nSPS) is 11.4. The molecule has 0 amide bonds. The molecule has 5 heteroatoms. The molecule has 2 aromatic carbocycles. The maximum Gasteiger partial charge on any atom is 0.339 e. The molecule has 0 saturated carbocycles. The van der Waals surface area contributed by atoms with Gasteiger partial charge < -0.3 is 17.5 Å². The number of hydrogen-bond acceptors (Lipinski definition) is 2. The quantitative estimate of drug-likeness (QED) is 0.661. The first-order chi connectivity index (χ1) is 9.20. The fourth-order valence-corrected chi connectivity index (χ4v) is 1.90. The molecule has 4 nitrogen and oxygen atoms in total. The van der Waals surface area contributed by atoms with Gasteiger partial charge >= 0.3 is 5.97 Å². The van der Waals surface area contributed by atoms with Crippen molar-refractivity contribution in [2.75, 3.05) is 0 Å². The molecule has 20 heavy (non-hydrogen) atoms. The summed E-state index contributed by atoms with van der Waals surface area (Å²) in [4.78, 5) is 15.5. The minimum Gasteiger partial charge on any atom is -1.00 e. The van der Waals surface area contributed by atoms with Gasteiger partial charge in [-0.25, -0.2) is 10.7 Å². The molecule has 0 aliphatic carbocycles. The molecule has 0 saturated heterocycles. The lowest BCUT2D eigenvalue weighted by atomic mass is 10.0. The summed E-state index contributed by atoms with van der Waals surface area (Å²) in [7, 11) is 0. The molecule has 0 radical (unpaired) electrons. The summed E-state index contributed by atoms with van der Waals surface area (Å²) in [6.45, 7) is 0. The van der Waals surface area contributed by atoms with Crippen LogP contribution in [-0.4, -0.2) is 17.2 Å². The van der Waals surface area contributed by atoms with Crippen molar-refractivity contribution in [2.24, 2.45) is 0 Å². The number of rotatable bonds is 5. The van der Waals surface area contributed by atoms with Crippen LogP contribution in [0.1, 0.15) is 5.56 Å². The van der Waals surface area contributed by atoms with Gasteiger partial charge in [0.05, 0.1) is 0 Å². The number of carboxylic acids is 1. The summed E-state index contributed by atoms with van der Waals surface area (Å²) in [6.07, 6.45) is -0.587. The Morgan fingerprint density at radius 1 is 1.05 bits per heavy atom. The Bertz CT molecular complexity index is 543. The minimum absolute atomic E-state index is 0. The summed E-state index contributed by atoms with van der Waals surface area (Å²) in [6, 6.07) is 17.8. The largest absolute Gasteiger partial charge is 1.00 e. The van der Waals surface area contributed by atoms with Crippen molar-refractivity contribution >= 4 is 5.97 Å². The van der Waals surface area contributed by atoms with Crippen molar-refractivity contribution in [3.63, 3.8) is 0 Å². The molecule has 2 rings (SSSR count). The lowest BCUT2D eigenvalue weighted by molar-refractivity contribution is -0.698. The van der Waals surface area contributed by atoms with Crippen LogP contribution in [0.2, 0.25) is 0 Å². The van der Waals surface area contributed by atoms with Gasteiger partial charge in [-0.05, 0) is 16.7 Å². The summed E-state index contributed by atoms with van der Waals surface area (Å²) in [5.74, 6) is 2.19. The first-order valence-electron chi connectivity index (χ1n) is 5.98. The second-order valence-corrected chi connectivity index (χ2v) is 4.26. The molecule has 106 valence electrons. The Labute approximate surface area is 123 Å². The van der Waals surface area contributed by atoms with E-state index in [2.05, 4.69) is 10.7 Å². The van der Waals surface area contributed by atoms with Gasteiger partial charge in [0.2, 0.25) is 6.10 Å². The maximum absolute atomic E-state index is 10.9. The highest BCUT2D eigenvalue weighted by Crippen LogP contribution is 2.19. The summed E-state index contributed by atoms with van der Waals surface area (Å²) >= 11 is 0. The fraction of sp³-hybridized carbons (Fsp3) is 0.133. The highest BCUT2D eigenvalue weighted by atomic mass is 35.5. The number of carbonyl (C=O) groups is 1. The van der Waals surface area contributed by atoms with Crippen LogP contribution in [0.4, 0.5) is 0 Å². The maximum atomic E-state index is 10.9. The smallest absolute Gasteiger partial charge is 0.339 e. The summed E-state index contributed by atoms with van der Waals surface area (Å²) < 4.78 is 0. The van der Waals surface area contributed by atoms with Crippen LogP contribution in [0.25, 0.3) is 11.1 Å². The standard InChI is InChI=1S/C15H15NO3.ClH/c16-19-14(15(17)18)10-11-6-8-13(9-7-11)12-4-2-1-3-5-12;/h1-9,14H,10H2,16H3;1H. The molecule has 1 atom stereocenters. The third-order valence-electron chi connectivity index (χ3n) is 2.96. The van der Waals surface area contributed by atoms with E-state index < -0.39 is 12.1 Å². The molecule has 0 heterocycles. The summed E-state index contributed by atoms with van der Waals surface area (Å²) in [5, 5.41) is 8.90. The van der Waals surface area contributed by atoms with Crippen molar-refractivity contribution in [2.45, 2.75) is 12.5 Å². The van der Waals surface area contributed by atoms with E-state index in [-0.39, 0.29) is 12.4 Å². The lowest BCUT2D eigenvalue weighted by Gasteiger charge is -2.08. The zero-order valence-electron chi connectivity index (χ0n) is 10.8. The van der Waals surface area contributed by atoms with E-state index >= 15 is 0 Å². The van der Waals surface area contributed by atoms with Gasteiger partial charge in [-0.1, -0.05) is 54.6 Å². The van der Waals surface area contributed by atoms with E-state index in [0.717, 1.165) is 16.7 Å². The van der Waals surface area contributed by atoms with Crippen LogP contribution in [0.5, 0.6) is 0 Å².